The summed E-state index contributed by atoms with van der Waals surface area (Å²) in [5.41, 5.74) is 0. The second kappa shape index (κ2) is 9.14. The van der Waals surface area contributed by atoms with E-state index in [4.69, 9.17) is 4.74 Å². The Kier molecular flexibility index (Phi) is 7.16. The normalized spacial score (nSPS) is 15.9. The first kappa shape index (κ1) is 20.4. The number of likely N-dealkylation sites (tertiary alicyclic amines) is 1. The molecule has 1 saturated heterocycles. The molecule has 0 spiro atoms. The number of carbonyl (C=O) groups excluding carboxylic acids is 2. The van der Waals surface area contributed by atoms with Crippen LogP contribution in [-0.4, -0.2) is 63.3 Å². The Labute approximate surface area is 155 Å². The van der Waals surface area contributed by atoms with E-state index in [0.717, 1.165) is 0 Å². The van der Waals surface area contributed by atoms with E-state index >= 15 is 0 Å². The van der Waals surface area contributed by atoms with E-state index in [2.05, 4.69) is 0 Å². The van der Waals surface area contributed by atoms with Crippen molar-refractivity contribution >= 4 is 21.9 Å². The summed E-state index contributed by atoms with van der Waals surface area (Å²) in [6.45, 7) is 1.36. The highest BCUT2D eigenvalue weighted by Gasteiger charge is 2.28. The Bertz CT molecular complexity index is 712. The maximum atomic E-state index is 12.4. The number of hydrogen-bond donors (Lipinski definition) is 0. The Balaban J connectivity index is 1.77. The molecule has 0 N–H and O–H groups in total. The van der Waals surface area contributed by atoms with Crippen LogP contribution in [0.1, 0.15) is 25.7 Å². The highest BCUT2D eigenvalue weighted by atomic mass is 32.2. The number of hydrogen-bond acceptors (Lipinski definition) is 5. The maximum Gasteiger partial charge on any atom is 0.308 e. The number of amides is 1. The fourth-order valence-electron chi connectivity index (χ4n) is 3.03. The number of piperidine rings is 1. The molecule has 0 saturated carbocycles. The summed E-state index contributed by atoms with van der Waals surface area (Å²) in [5, 5.41) is 0. The van der Waals surface area contributed by atoms with Crippen molar-refractivity contribution in [1.29, 1.82) is 0 Å². The fourth-order valence-corrected chi connectivity index (χ4v) is 4.27. The molecular formula is C18H26N2O5S. The summed E-state index contributed by atoms with van der Waals surface area (Å²) >= 11 is 0. The van der Waals surface area contributed by atoms with Crippen molar-refractivity contribution in [3.05, 3.63) is 30.3 Å². The zero-order valence-electron chi connectivity index (χ0n) is 15.3. The molecule has 8 heteroatoms. The molecule has 26 heavy (non-hydrogen) atoms. The van der Waals surface area contributed by atoms with Gasteiger partial charge in [-0.15, -0.1) is 0 Å². The minimum Gasteiger partial charge on any atom is -0.469 e. The molecule has 0 bridgehead atoms. The summed E-state index contributed by atoms with van der Waals surface area (Å²) in [7, 11) is -0.627. The van der Waals surface area contributed by atoms with Crippen molar-refractivity contribution in [2.75, 3.05) is 33.8 Å². The van der Waals surface area contributed by atoms with E-state index in [0.29, 0.717) is 32.4 Å². The van der Waals surface area contributed by atoms with Gasteiger partial charge in [-0.25, -0.2) is 12.7 Å². The molecule has 144 valence electrons. The molecule has 1 heterocycles. The van der Waals surface area contributed by atoms with Gasteiger partial charge in [0.1, 0.15) is 0 Å². The van der Waals surface area contributed by atoms with Gasteiger partial charge in [0.25, 0.3) is 0 Å². The smallest absolute Gasteiger partial charge is 0.308 e. The lowest BCUT2D eigenvalue weighted by Crippen LogP contribution is -2.40. The zero-order chi connectivity index (χ0) is 19.2. The molecule has 1 aliphatic heterocycles. The third kappa shape index (κ3) is 5.04. The van der Waals surface area contributed by atoms with E-state index in [9.17, 15) is 18.0 Å². The molecule has 1 amide bonds. The lowest BCUT2D eigenvalue weighted by atomic mass is 9.97. The Morgan fingerprint density at radius 3 is 2.38 bits per heavy atom. The molecule has 2 rings (SSSR count). The molecule has 7 nitrogen and oxygen atoms in total. The van der Waals surface area contributed by atoms with Crippen LogP contribution in [0, 0.1) is 5.92 Å². The van der Waals surface area contributed by atoms with Gasteiger partial charge >= 0.3 is 5.97 Å². The number of benzene rings is 1. The molecule has 0 aliphatic carbocycles. The number of rotatable bonds is 7. The number of esters is 1. The molecule has 0 atom stereocenters. The third-order valence-corrected chi connectivity index (χ3v) is 6.57. The molecule has 1 aliphatic rings. The highest BCUT2D eigenvalue weighted by molar-refractivity contribution is 7.89. The predicted octanol–water partition coefficient (Wildman–Crippen LogP) is 1.50. The Morgan fingerprint density at radius 2 is 1.81 bits per heavy atom. The first-order valence-corrected chi connectivity index (χ1v) is 10.2. The van der Waals surface area contributed by atoms with Gasteiger partial charge in [0, 0.05) is 33.1 Å². The van der Waals surface area contributed by atoms with Crippen LogP contribution in [0.5, 0.6) is 0 Å². The molecular weight excluding hydrogens is 356 g/mol. The standard InChI is InChI=1S/C18H26N2O5S/c1-19(26(23,24)16-7-4-3-5-8-16)12-6-9-17(21)20-13-10-15(11-14-20)18(22)25-2/h3-5,7-8,15H,6,9-14H2,1-2H3. The minimum atomic E-state index is -3.52. The number of nitrogens with zero attached hydrogens (tertiary/aromatic N) is 2. The van der Waals surface area contributed by atoms with Crippen LogP contribution in [0.3, 0.4) is 0 Å². The number of sulfonamides is 1. The van der Waals surface area contributed by atoms with Gasteiger partial charge in [0.15, 0.2) is 0 Å². The monoisotopic (exact) mass is 382 g/mol. The van der Waals surface area contributed by atoms with E-state index in [1.807, 2.05) is 0 Å². The van der Waals surface area contributed by atoms with Crippen molar-refractivity contribution in [2.24, 2.45) is 5.92 Å². The average Bonchev–Trinajstić information content (AvgIpc) is 2.67. The van der Waals surface area contributed by atoms with Crippen LogP contribution in [-0.2, 0) is 24.3 Å². The predicted molar refractivity (Wildman–Crippen MR) is 96.8 cm³/mol. The Morgan fingerprint density at radius 1 is 1.19 bits per heavy atom. The van der Waals surface area contributed by atoms with Crippen molar-refractivity contribution < 1.29 is 22.7 Å². The molecule has 1 aromatic rings. The summed E-state index contributed by atoms with van der Waals surface area (Å²) in [5.74, 6) is -0.352. The van der Waals surface area contributed by atoms with E-state index in [1.165, 1.54) is 18.5 Å². The lowest BCUT2D eigenvalue weighted by Gasteiger charge is -2.31. The molecule has 0 radical (unpaired) electrons. The molecule has 1 aromatic carbocycles. The van der Waals surface area contributed by atoms with E-state index in [1.54, 1.807) is 35.2 Å². The molecule has 0 aromatic heterocycles. The summed E-state index contributed by atoms with van der Waals surface area (Å²) in [6.07, 6.45) is 1.97. The van der Waals surface area contributed by atoms with Crippen molar-refractivity contribution in [1.82, 2.24) is 9.21 Å². The molecule has 1 fully saturated rings. The van der Waals surface area contributed by atoms with Crippen molar-refractivity contribution in [3.63, 3.8) is 0 Å². The van der Waals surface area contributed by atoms with E-state index in [-0.39, 0.29) is 35.7 Å². The van der Waals surface area contributed by atoms with Crippen LogP contribution in [0.15, 0.2) is 35.2 Å². The lowest BCUT2D eigenvalue weighted by molar-refractivity contribution is -0.148. The van der Waals surface area contributed by atoms with Gasteiger partial charge in [-0.1, -0.05) is 18.2 Å². The van der Waals surface area contributed by atoms with Gasteiger partial charge in [-0.05, 0) is 31.4 Å². The van der Waals surface area contributed by atoms with Crippen LogP contribution in [0.2, 0.25) is 0 Å². The van der Waals surface area contributed by atoms with Crippen LogP contribution < -0.4 is 0 Å². The fraction of sp³-hybridized carbons (Fsp3) is 0.556. The number of carbonyl (C=O) groups is 2. The van der Waals surface area contributed by atoms with Crippen LogP contribution in [0.25, 0.3) is 0 Å². The largest absolute Gasteiger partial charge is 0.469 e. The third-order valence-electron chi connectivity index (χ3n) is 4.70. The van der Waals surface area contributed by atoms with Crippen molar-refractivity contribution in [2.45, 2.75) is 30.6 Å². The molecule has 0 unspecified atom stereocenters. The van der Waals surface area contributed by atoms with Gasteiger partial charge in [-0.2, -0.15) is 0 Å². The zero-order valence-corrected chi connectivity index (χ0v) is 16.1. The first-order chi connectivity index (χ1) is 12.4. The second-order valence-electron chi connectivity index (χ2n) is 6.42. The SMILES string of the molecule is COC(=O)C1CCN(C(=O)CCCN(C)S(=O)(=O)c2ccccc2)CC1. The summed E-state index contributed by atoms with van der Waals surface area (Å²) in [6, 6.07) is 8.25. The van der Waals surface area contributed by atoms with Crippen LogP contribution in [0.4, 0.5) is 0 Å². The number of methoxy groups -OCH3 is 1. The quantitative estimate of drug-likeness (QED) is 0.667. The minimum absolute atomic E-state index is 0.00109. The second-order valence-corrected chi connectivity index (χ2v) is 8.47. The summed E-state index contributed by atoms with van der Waals surface area (Å²) < 4.78 is 30.9. The first-order valence-electron chi connectivity index (χ1n) is 8.73. The van der Waals surface area contributed by atoms with Gasteiger partial charge in [-0.3, -0.25) is 9.59 Å². The topological polar surface area (TPSA) is 84.0 Å². The maximum absolute atomic E-state index is 12.4. The van der Waals surface area contributed by atoms with E-state index < -0.39 is 10.0 Å². The summed E-state index contributed by atoms with van der Waals surface area (Å²) in [4.78, 5) is 25.8. The Hall–Kier alpha value is -1.93. The van der Waals surface area contributed by atoms with Crippen molar-refractivity contribution in [3.8, 4) is 0 Å². The highest BCUT2D eigenvalue weighted by Crippen LogP contribution is 2.19. The van der Waals surface area contributed by atoms with Crippen LogP contribution >= 0.6 is 0 Å². The van der Waals surface area contributed by atoms with Gasteiger partial charge < -0.3 is 9.64 Å². The van der Waals surface area contributed by atoms with Gasteiger partial charge in [0.05, 0.1) is 17.9 Å². The number of ether oxygens (including phenoxy) is 1. The van der Waals surface area contributed by atoms with Gasteiger partial charge in [0.2, 0.25) is 15.9 Å². The average molecular weight is 382 g/mol.